The molecule has 1 saturated heterocycles. The Balaban J connectivity index is 2.03. The summed E-state index contributed by atoms with van der Waals surface area (Å²) in [4.78, 5) is 8.12. The summed E-state index contributed by atoms with van der Waals surface area (Å²) in [5.74, 6) is 0.605. The lowest BCUT2D eigenvalue weighted by atomic mass is 10.1. The highest BCUT2D eigenvalue weighted by atomic mass is 32.2. The van der Waals surface area contributed by atoms with Crippen LogP contribution in [-0.2, 0) is 16.8 Å². The summed E-state index contributed by atoms with van der Waals surface area (Å²) in [7, 11) is -3.59. The van der Waals surface area contributed by atoms with Crippen molar-refractivity contribution in [1.82, 2.24) is 19.0 Å². The average molecular weight is 300 g/mol. The van der Waals surface area contributed by atoms with Crippen molar-refractivity contribution in [3.8, 4) is 0 Å². The molecule has 1 atom stereocenters. The maximum Gasteiger partial charge on any atom is 0.280 e. The molecule has 1 aromatic heterocycles. The average Bonchev–Trinajstić information content (AvgIpc) is 2.45. The maximum atomic E-state index is 12.3. The van der Waals surface area contributed by atoms with Crippen LogP contribution in [0, 0.1) is 6.92 Å². The van der Waals surface area contributed by atoms with E-state index in [2.05, 4.69) is 14.7 Å². The number of aliphatic hydroxyl groups excluding tert-OH is 1. The van der Waals surface area contributed by atoms with E-state index in [0.29, 0.717) is 24.5 Å². The van der Waals surface area contributed by atoms with Crippen LogP contribution >= 0.6 is 0 Å². The lowest BCUT2D eigenvalue weighted by molar-refractivity contribution is 0.154. The summed E-state index contributed by atoms with van der Waals surface area (Å²) in [5, 5.41) is 9.29. The first-order valence-corrected chi connectivity index (χ1v) is 8.13. The van der Waals surface area contributed by atoms with Gasteiger partial charge in [-0.3, -0.25) is 0 Å². The Hall–Kier alpha value is -1.09. The summed E-state index contributed by atoms with van der Waals surface area (Å²) < 4.78 is 28.4. The molecule has 0 spiro atoms. The van der Waals surface area contributed by atoms with Crippen LogP contribution in [0.5, 0.6) is 0 Å². The van der Waals surface area contributed by atoms with Crippen LogP contribution in [0.15, 0.2) is 12.3 Å². The number of nitrogens with one attached hydrogen (secondary N) is 1. The molecule has 0 amide bonds. The number of aliphatic hydroxyl groups is 1. The predicted octanol–water partition coefficient (Wildman–Crippen LogP) is -0.0338. The standard InChI is InChI=1S/C12H20N4O3S/c1-10-13-6-5-11(15-10)8-14-20(18,19)16-7-3-2-4-12(16)9-17/h5-6,12,14,17H,2-4,7-9H2,1H3. The Labute approximate surface area is 119 Å². The molecule has 1 unspecified atom stereocenters. The molecule has 20 heavy (non-hydrogen) atoms. The summed E-state index contributed by atoms with van der Waals surface area (Å²) in [6.07, 6.45) is 4.07. The molecule has 0 bridgehead atoms. The Kier molecular flexibility index (Phi) is 5.03. The van der Waals surface area contributed by atoms with Crippen molar-refractivity contribution in [3.63, 3.8) is 0 Å². The van der Waals surface area contributed by atoms with Crippen LogP contribution in [0.25, 0.3) is 0 Å². The minimum absolute atomic E-state index is 0.125. The molecule has 8 heteroatoms. The second-order valence-electron chi connectivity index (χ2n) is 4.86. The van der Waals surface area contributed by atoms with E-state index in [1.165, 1.54) is 4.31 Å². The van der Waals surface area contributed by atoms with E-state index in [1.807, 2.05) is 0 Å². The van der Waals surface area contributed by atoms with E-state index >= 15 is 0 Å². The molecule has 0 aromatic carbocycles. The van der Waals surface area contributed by atoms with Gasteiger partial charge < -0.3 is 5.11 Å². The van der Waals surface area contributed by atoms with Gasteiger partial charge in [0.1, 0.15) is 5.82 Å². The fourth-order valence-electron chi connectivity index (χ4n) is 2.32. The predicted molar refractivity (Wildman–Crippen MR) is 74.0 cm³/mol. The van der Waals surface area contributed by atoms with Crippen LogP contribution in [-0.4, -0.2) is 47.0 Å². The smallest absolute Gasteiger partial charge is 0.280 e. The SMILES string of the molecule is Cc1nccc(CNS(=O)(=O)N2CCCCC2CO)n1. The minimum atomic E-state index is -3.59. The van der Waals surface area contributed by atoms with Crippen molar-refractivity contribution < 1.29 is 13.5 Å². The zero-order valence-corrected chi connectivity index (χ0v) is 12.3. The third-order valence-electron chi connectivity index (χ3n) is 3.36. The van der Waals surface area contributed by atoms with Gasteiger partial charge in [-0.1, -0.05) is 6.42 Å². The largest absolute Gasteiger partial charge is 0.395 e. The van der Waals surface area contributed by atoms with Gasteiger partial charge in [-0.15, -0.1) is 0 Å². The normalized spacial score (nSPS) is 21.0. The van der Waals surface area contributed by atoms with E-state index in [-0.39, 0.29) is 19.2 Å². The Morgan fingerprint density at radius 3 is 3.00 bits per heavy atom. The van der Waals surface area contributed by atoms with Crippen molar-refractivity contribution in [2.45, 2.75) is 38.8 Å². The molecule has 0 radical (unpaired) electrons. The first-order valence-electron chi connectivity index (χ1n) is 6.69. The summed E-state index contributed by atoms with van der Waals surface area (Å²) in [6.45, 7) is 2.18. The molecule has 1 aliphatic heterocycles. The van der Waals surface area contributed by atoms with Gasteiger partial charge in [0.2, 0.25) is 0 Å². The lowest BCUT2D eigenvalue weighted by Crippen LogP contribution is -2.50. The van der Waals surface area contributed by atoms with Crippen molar-refractivity contribution >= 4 is 10.2 Å². The monoisotopic (exact) mass is 300 g/mol. The van der Waals surface area contributed by atoms with Crippen LogP contribution in [0.1, 0.15) is 30.8 Å². The fraction of sp³-hybridized carbons (Fsp3) is 0.667. The van der Waals surface area contributed by atoms with Gasteiger partial charge in [0, 0.05) is 18.8 Å². The molecule has 0 saturated carbocycles. The maximum absolute atomic E-state index is 12.3. The number of aromatic nitrogens is 2. The first-order chi connectivity index (χ1) is 9.53. The molecule has 1 aromatic rings. The first kappa shape index (κ1) is 15.3. The zero-order valence-electron chi connectivity index (χ0n) is 11.5. The Morgan fingerprint density at radius 1 is 1.50 bits per heavy atom. The molecule has 2 N–H and O–H groups in total. The lowest BCUT2D eigenvalue weighted by Gasteiger charge is -2.33. The van der Waals surface area contributed by atoms with Gasteiger partial charge in [-0.2, -0.15) is 17.4 Å². The van der Waals surface area contributed by atoms with E-state index < -0.39 is 10.2 Å². The van der Waals surface area contributed by atoms with Gasteiger partial charge in [-0.05, 0) is 25.8 Å². The number of piperidine rings is 1. The van der Waals surface area contributed by atoms with E-state index in [9.17, 15) is 13.5 Å². The third kappa shape index (κ3) is 3.72. The van der Waals surface area contributed by atoms with Gasteiger partial charge in [-0.25, -0.2) is 9.97 Å². The topological polar surface area (TPSA) is 95.4 Å². The number of aryl methyl sites for hydroxylation is 1. The van der Waals surface area contributed by atoms with Crippen LogP contribution in [0.3, 0.4) is 0 Å². The van der Waals surface area contributed by atoms with Crippen molar-refractivity contribution in [2.75, 3.05) is 13.2 Å². The fourth-order valence-corrected chi connectivity index (χ4v) is 3.75. The summed E-state index contributed by atoms with van der Waals surface area (Å²) in [6, 6.07) is 1.35. The van der Waals surface area contributed by atoms with Gasteiger partial charge >= 0.3 is 0 Å². The zero-order chi connectivity index (χ0) is 14.6. The van der Waals surface area contributed by atoms with Crippen LogP contribution in [0.2, 0.25) is 0 Å². The van der Waals surface area contributed by atoms with Crippen LogP contribution in [0.4, 0.5) is 0 Å². The Bertz CT molecular complexity index is 549. The Morgan fingerprint density at radius 2 is 2.30 bits per heavy atom. The van der Waals surface area contributed by atoms with Gasteiger partial charge in [0.15, 0.2) is 0 Å². The number of hydrogen-bond donors (Lipinski definition) is 2. The second kappa shape index (κ2) is 6.57. The molecule has 2 rings (SSSR count). The van der Waals surface area contributed by atoms with Crippen molar-refractivity contribution in [1.29, 1.82) is 0 Å². The highest BCUT2D eigenvalue weighted by Gasteiger charge is 2.31. The van der Waals surface area contributed by atoms with Crippen molar-refractivity contribution in [2.24, 2.45) is 0 Å². The molecular weight excluding hydrogens is 280 g/mol. The van der Waals surface area contributed by atoms with E-state index in [1.54, 1.807) is 19.2 Å². The molecule has 1 aliphatic rings. The molecule has 0 aliphatic carbocycles. The quantitative estimate of drug-likeness (QED) is 0.796. The molecule has 7 nitrogen and oxygen atoms in total. The number of rotatable bonds is 5. The molecular formula is C12H20N4O3S. The van der Waals surface area contributed by atoms with Gasteiger partial charge in [0.25, 0.3) is 10.2 Å². The van der Waals surface area contributed by atoms with Crippen LogP contribution < -0.4 is 4.72 Å². The van der Waals surface area contributed by atoms with Gasteiger partial charge in [0.05, 0.1) is 18.8 Å². The summed E-state index contributed by atoms with van der Waals surface area (Å²) >= 11 is 0. The highest BCUT2D eigenvalue weighted by molar-refractivity contribution is 7.87. The van der Waals surface area contributed by atoms with E-state index in [0.717, 1.165) is 12.8 Å². The number of hydrogen-bond acceptors (Lipinski definition) is 5. The molecule has 112 valence electrons. The second-order valence-corrected chi connectivity index (χ2v) is 6.57. The number of nitrogens with zero attached hydrogens (tertiary/aromatic N) is 3. The third-order valence-corrected chi connectivity index (χ3v) is 4.97. The van der Waals surface area contributed by atoms with Crippen molar-refractivity contribution in [3.05, 3.63) is 23.8 Å². The highest BCUT2D eigenvalue weighted by Crippen LogP contribution is 2.19. The molecule has 1 fully saturated rings. The minimum Gasteiger partial charge on any atom is -0.395 e. The molecule has 2 heterocycles. The summed E-state index contributed by atoms with van der Waals surface area (Å²) in [5.41, 5.74) is 0.624. The van der Waals surface area contributed by atoms with E-state index in [4.69, 9.17) is 0 Å².